The van der Waals surface area contributed by atoms with Gasteiger partial charge < -0.3 is 20.1 Å². The van der Waals surface area contributed by atoms with Gasteiger partial charge in [-0.25, -0.2) is 0 Å². The van der Waals surface area contributed by atoms with Gasteiger partial charge in [0.2, 0.25) is 0 Å². The summed E-state index contributed by atoms with van der Waals surface area (Å²) in [5, 5.41) is 7.57. The van der Waals surface area contributed by atoms with Gasteiger partial charge in [0.1, 0.15) is 18.2 Å². The van der Waals surface area contributed by atoms with Crippen LogP contribution >= 0.6 is 11.8 Å². The van der Waals surface area contributed by atoms with Crippen molar-refractivity contribution in [2.45, 2.75) is 23.8 Å². The highest BCUT2D eigenvalue weighted by molar-refractivity contribution is 7.98. The highest BCUT2D eigenvalue weighted by Gasteiger charge is 2.37. The number of methoxy groups -OCH3 is 1. The van der Waals surface area contributed by atoms with Crippen LogP contribution in [0.1, 0.15) is 28.8 Å². The van der Waals surface area contributed by atoms with E-state index in [4.69, 9.17) is 20.6 Å². The number of likely N-dealkylation sites (tertiary alicyclic amines) is 1. The van der Waals surface area contributed by atoms with Crippen LogP contribution < -0.4 is 10.5 Å². The lowest BCUT2D eigenvalue weighted by atomic mass is 10.0. The van der Waals surface area contributed by atoms with Crippen molar-refractivity contribution < 1.29 is 19.1 Å². The van der Waals surface area contributed by atoms with E-state index in [0.717, 1.165) is 21.8 Å². The summed E-state index contributed by atoms with van der Waals surface area (Å²) in [6.07, 6.45) is 6.09. The first kappa shape index (κ1) is 26.2. The van der Waals surface area contributed by atoms with Gasteiger partial charge >= 0.3 is 5.97 Å². The SMILES string of the molecule is COC(=O)C[C@@H]1C[C@@H](COc2ccc(-c3ccc(C(=N)N)cc3)cc2SC)N(C(=O)c2cccnc2)C1. The maximum Gasteiger partial charge on any atom is 0.305 e. The molecule has 1 amide bonds. The van der Waals surface area contributed by atoms with Crippen molar-refractivity contribution in [3.05, 3.63) is 78.1 Å². The molecule has 0 bridgehead atoms. The molecule has 9 heteroatoms. The van der Waals surface area contributed by atoms with Crippen LogP contribution in [0.2, 0.25) is 0 Å². The van der Waals surface area contributed by atoms with Gasteiger partial charge in [0.05, 0.1) is 25.1 Å². The Morgan fingerprint density at radius 2 is 1.89 bits per heavy atom. The maximum absolute atomic E-state index is 13.2. The van der Waals surface area contributed by atoms with Gasteiger partial charge in [0, 0.05) is 29.4 Å². The second-order valence-electron chi connectivity index (χ2n) is 8.90. The Balaban J connectivity index is 1.50. The van der Waals surface area contributed by atoms with Gasteiger partial charge in [0.15, 0.2) is 0 Å². The van der Waals surface area contributed by atoms with Crippen molar-refractivity contribution in [3.63, 3.8) is 0 Å². The minimum Gasteiger partial charge on any atom is -0.490 e. The minimum atomic E-state index is -0.281. The molecule has 0 aliphatic carbocycles. The molecule has 1 fully saturated rings. The van der Waals surface area contributed by atoms with Gasteiger partial charge in [0.25, 0.3) is 5.91 Å². The summed E-state index contributed by atoms with van der Waals surface area (Å²) in [7, 11) is 1.38. The van der Waals surface area contributed by atoms with E-state index in [2.05, 4.69) is 11.1 Å². The summed E-state index contributed by atoms with van der Waals surface area (Å²) in [5.41, 5.74) is 8.80. The number of nitrogen functional groups attached to an aromatic ring is 1. The highest BCUT2D eigenvalue weighted by atomic mass is 32.2. The van der Waals surface area contributed by atoms with Crippen LogP contribution in [0.3, 0.4) is 0 Å². The number of hydrogen-bond acceptors (Lipinski definition) is 7. The van der Waals surface area contributed by atoms with Gasteiger partial charge in [-0.15, -0.1) is 11.8 Å². The fourth-order valence-corrected chi connectivity index (χ4v) is 5.11. The van der Waals surface area contributed by atoms with Crippen molar-refractivity contribution in [3.8, 4) is 16.9 Å². The van der Waals surface area contributed by atoms with E-state index in [1.54, 1.807) is 41.2 Å². The Labute approximate surface area is 220 Å². The van der Waals surface area contributed by atoms with E-state index in [-0.39, 0.29) is 36.1 Å². The largest absolute Gasteiger partial charge is 0.490 e. The molecule has 1 aliphatic heterocycles. The summed E-state index contributed by atoms with van der Waals surface area (Å²) in [5.74, 6) is 0.376. The van der Waals surface area contributed by atoms with E-state index in [1.807, 2.05) is 42.7 Å². The third-order valence-electron chi connectivity index (χ3n) is 6.48. The third-order valence-corrected chi connectivity index (χ3v) is 7.24. The summed E-state index contributed by atoms with van der Waals surface area (Å²) in [6, 6.07) is 16.8. The second-order valence-corrected chi connectivity index (χ2v) is 9.75. The maximum atomic E-state index is 13.2. The number of nitrogens with one attached hydrogen (secondary N) is 1. The molecule has 3 aromatic rings. The molecule has 2 heterocycles. The van der Waals surface area contributed by atoms with Crippen LogP contribution in [-0.4, -0.2) is 60.2 Å². The van der Waals surface area contributed by atoms with Gasteiger partial charge in [-0.1, -0.05) is 30.3 Å². The molecule has 2 aromatic carbocycles. The zero-order valence-corrected chi connectivity index (χ0v) is 21.7. The number of esters is 1. The van der Waals surface area contributed by atoms with Gasteiger partial charge in [-0.2, -0.15) is 0 Å². The van der Waals surface area contributed by atoms with Crippen molar-refractivity contribution in [2.24, 2.45) is 11.7 Å². The van der Waals surface area contributed by atoms with Gasteiger partial charge in [-0.3, -0.25) is 20.0 Å². The third kappa shape index (κ3) is 6.29. The van der Waals surface area contributed by atoms with Gasteiger partial charge in [-0.05, 0) is 54.0 Å². The number of rotatable bonds is 9. The predicted molar refractivity (Wildman–Crippen MR) is 144 cm³/mol. The predicted octanol–water partition coefficient (Wildman–Crippen LogP) is 4.23. The Morgan fingerprint density at radius 3 is 2.54 bits per heavy atom. The van der Waals surface area contributed by atoms with Crippen LogP contribution in [0.4, 0.5) is 0 Å². The molecule has 1 aliphatic rings. The van der Waals surface area contributed by atoms with E-state index in [9.17, 15) is 9.59 Å². The molecular formula is C28H30N4O4S. The number of ether oxygens (including phenoxy) is 2. The second kappa shape index (κ2) is 11.9. The fraction of sp³-hybridized carbons (Fsp3) is 0.286. The number of hydrogen-bond donors (Lipinski definition) is 2. The first-order valence-electron chi connectivity index (χ1n) is 11.9. The molecule has 0 radical (unpaired) electrons. The summed E-state index contributed by atoms with van der Waals surface area (Å²) in [6.45, 7) is 0.769. The number of nitrogens with two attached hydrogens (primary N) is 1. The number of carbonyl (C=O) groups is 2. The molecule has 0 unspecified atom stereocenters. The van der Waals surface area contributed by atoms with Crippen LogP contribution in [0.25, 0.3) is 11.1 Å². The average molecular weight is 519 g/mol. The first-order chi connectivity index (χ1) is 17.9. The lowest BCUT2D eigenvalue weighted by molar-refractivity contribution is -0.141. The summed E-state index contributed by atoms with van der Waals surface area (Å²) in [4.78, 5) is 32.0. The normalized spacial score (nSPS) is 16.9. The lowest BCUT2D eigenvalue weighted by Crippen LogP contribution is -2.39. The molecule has 2 atom stereocenters. The number of nitrogens with zero attached hydrogens (tertiary/aromatic N) is 2. The van der Waals surface area contributed by atoms with Crippen LogP contribution in [0, 0.1) is 11.3 Å². The van der Waals surface area contributed by atoms with E-state index in [1.165, 1.54) is 7.11 Å². The summed E-state index contributed by atoms with van der Waals surface area (Å²) < 4.78 is 11.1. The number of benzene rings is 2. The van der Waals surface area contributed by atoms with Crippen molar-refractivity contribution in [1.29, 1.82) is 5.41 Å². The Bertz CT molecular complexity index is 1270. The van der Waals surface area contributed by atoms with Crippen LogP contribution in [-0.2, 0) is 9.53 Å². The fourth-order valence-electron chi connectivity index (χ4n) is 4.54. The Morgan fingerprint density at radius 1 is 1.14 bits per heavy atom. The standard InChI is InChI=1S/C28H30N4O4S/c1-35-26(33)13-18-12-23(32(16-18)28(34)22-4-3-11-31-15-22)17-36-24-10-9-21(14-25(24)37-2)19-5-7-20(8-6-19)27(29)30/h3-11,14-15,18,23H,12-13,16-17H2,1-2H3,(H3,29,30)/t18-,23-/m0/s1. The molecule has 3 N–H and O–H groups in total. The Hall–Kier alpha value is -3.85. The number of pyridine rings is 1. The van der Waals surface area contributed by atoms with Crippen molar-refractivity contribution in [1.82, 2.24) is 9.88 Å². The number of carbonyl (C=O) groups excluding carboxylic acids is 2. The molecular weight excluding hydrogens is 488 g/mol. The molecule has 8 nitrogen and oxygen atoms in total. The summed E-state index contributed by atoms with van der Waals surface area (Å²) >= 11 is 1.58. The van der Waals surface area contributed by atoms with Crippen LogP contribution in [0.5, 0.6) is 5.75 Å². The van der Waals surface area contributed by atoms with Crippen molar-refractivity contribution >= 4 is 29.5 Å². The molecule has 0 spiro atoms. The molecule has 4 rings (SSSR count). The average Bonchev–Trinajstić information content (AvgIpc) is 3.34. The monoisotopic (exact) mass is 518 g/mol. The smallest absolute Gasteiger partial charge is 0.305 e. The number of thioether (sulfide) groups is 1. The molecule has 0 saturated carbocycles. The van der Waals surface area contributed by atoms with E-state index < -0.39 is 0 Å². The highest BCUT2D eigenvalue weighted by Crippen LogP contribution is 2.34. The van der Waals surface area contributed by atoms with E-state index >= 15 is 0 Å². The molecule has 37 heavy (non-hydrogen) atoms. The minimum absolute atomic E-state index is 0.00189. The first-order valence-corrected chi connectivity index (χ1v) is 13.2. The number of amides is 1. The zero-order chi connectivity index (χ0) is 26.4. The molecule has 1 aromatic heterocycles. The Kier molecular flexibility index (Phi) is 8.45. The van der Waals surface area contributed by atoms with E-state index in [0.29, 0.717) is 30.7 Å². The topological polar surface area (TPSA) is 119 Å². The van der Waals surface area contributed by atoms with Crippen LogP contribution in [0.15, 0.2) is 71.9 Å². The van der Waals surface area contributed by atoms with Crippen molar-refractivity contribution in [2.75, 3.05) is 26.5 Å². The zero-order valence-electron chi connectivity index (χ0n) is 20.8. The molecule has 1 saturated heterocycles. The number of aromatic nitrogens is 1. The number of amidine groups is 1. The quantitative estimate of drug-likeness (QED) is 0.188. The molecule has 192 valence electrons. The lowest BCUT2D eigenvalue weighted by Gasteiger charge is -2.25.